The fraction of sp³-hybridized carbons (Fsp3) is 0.125. The van der Waals surface area contributed by atoms with E-state index in [0.29, 0.717) is 28.2 Å². The van der Waals surface area contributed by atoms with E-state index in [1.54, 1.807) is 48.5 Å². The zero-order valence-corrected chi connectivity index (χ0v) is 19.3. The Bertz CT molecular complexity index is 1160. The lowest BCUT2D eigenvalue weighted by atomic mass is 10.1. The maximum atomic E-state index is 12.5. The van der Waals surface area contributed by atoms with Crippen LogP contribution in [0.1, 0.15) is 31.8 Å². The number of ether oxygens (including phenoxy) is 3. The number of carbonyl (C=O) groups is 2. The molecule has 3 aromatic carbocycles. The quantitative estimate of drug-likeness (QED) is 0.220. The van der Waals surface area contributed by atoms with Gasteiger partial charge in [-0.2, -0.15) is 5.10 Å². The first-order chi connectivity index (χ1) is 15.4. The number of nitrogens with one attached hydrogen (secondary N) is 1. The van der Waals surface area contributed by atoms with Crippen LogP contribution in [0.25, 0.3) is 0 Å². The van der Waals surface area contributed by atoms with E-state index >= 15 is 0 Å². The van der Waals surface area contributed by atoms with Gasteiger partial charge in [-0.15, -0.1) is 0 Å². The van der Waals surface area contributed by atoms with Crippen molar-refractivity contribution >= 4 is 34.0 Å². The average Bonchev–Trinajstić information content (AvgIpc) is 2.79. The number of carbonyl (C=O) groups excluding carboxylic acids is 2. The van der Waals surface area contributed by atoms with Gasteiger partial charge in [-0.3, -0.25) is 4.79 Å². The maximum Gasteiger partial charge on any atom is 0.343 e. The number of methoxy groups -OCH3 is 2. The van der Waals surface area contributed by atoms with Gasteiger partial charge in [0.25, 0.3) is 5.91 Å². The standard InChI is InChI=1S/C24H21BrN2O5/c1-15-4-7-17(8-5-15)24(29)32-22-12-16(6-10-21(22)31-3)14-26-27-23(28)19-13-18(25)9-11-20(19)30-2/h4-14H,1-3H3,(H,27,28)/b26-14+. The van der Waals surface area contributed by atoms with Crippen LogP contribution in [0.2, 0.25) is 0 Å². The zero-order chi connectivity index (χ0) is 23.1. The van der Waals surface area contributed by atoms with Gasteiger partial charge in [0, 0.05) is 4.47 Å². The molecule has 7 nitrogen and oxygen atoms in total. The predicted molar refractivity (Wildman–Crippen MR) is 125 cm³/mol. The number of esters is 1. The van der Waals surface area contributed by atoms with Crippen molar-refractivity contribution in [3.63, 3.8) is 0 Å². The van der Waals surface area contributed by atoms with Crippen LogP contribution < -0.4 is 19.6 Å². The molecule has 32 heavy (non-hydrogen) atoms. The second-order valence-electron chi connectivity index (χ2n) is 6.71. The van der Waals surface area contributed by atoms with Crippen molar-refractivity contribution in [3.8, 4) is 17.2 Å². The van der Waals surface area contributed by atoms with Crippen LogP contribution >= 0.6 is 15.9 Å². The SMILES string of the molecule is COc1ccc(/C=N/NC(=O)c2cc(Br)ccc2OC)cc1OC(=O)c1ccc(C)cc1. The van der Waals surface area contributed by atoms with Gasteiger partial charge in [-0.25, -0.2) is 10.2 Å². The summed E-state index contributed by atoms with van der Waals surface area (Å²) in [6, 6.07) is 17.1. The molecular formula is C24H21BrN2O5. The number of hydrogen-bond donors (Lipinski definition) is 1. The molecule has 0 heterocycles. The van der Waals surface area contributed by atoms with Crippen molar-refractivity contribution in [2.45, 2.75) is 6.92 Å². The Morgan fingerprint density at radius 3 is 2.28 bits per heavy atom. The summed E-state index contributed by atoms with van der Waals surface area (Å²) in [5, 5.41) is 3.99. The molecule has 0 unspecified atom stereocenters. The van der Waals surface area contributed by atoms with E-state index in [-0.39, 0.29) is 5.75 Å². The fourth-order valence-corrected chi connectivity index (χ4v) is 3.15. The fourth-order valence-electron chi connectivity index (χ4n) is 2.79. The van der Waals surface area contributed by atoms with E-state index in [1.807, 2.05) is 19.1 Å². The molecular weight excluding hydrogens is 476 g/mol. The van der Waals surface area contributed by atoms with E-state index < -0.39 is 11.9 Å². The van der Waals surface area contributed by atoms with Gasteiger partial charge in [-0.05, 0) is 61.0 Å². The number of hydrazone groups is 1. The summed E-state index contributed by atoms with van der Waals surface area (Å²) in [4.78, 5) is 24.9. The van der Waals surface area contributed by atoms with E-state index in [1.165, 1.54) is 20.4 Å². The molecule has 0 saturated carbocycles. The van der Waals surface area contributed by atoms with E-state index in [9.17, 15) is 9.59 Å². The summed E-state index contributed by atoms with van der Waals surface area (Å²) >= 11 is 3.33. The first kappa shape index (κ1) is 23.0. The molecule has 0 bridgehead atoms. The first-order valence-corrected chi connectivity index (χ1v) is 10.3. The lowest BCUT2D eigenvalue weighted by Gasteiger charge is -2.10. The Balaban J connectivity index is 1.74. The molecule has 0 saturated heterocycles. The van der Waals surface area contributed by atoms with Crippen molar-refractivity contribution in [2.75, 3.05) is 14.2 Å². The Hall–Kier alpha value is -3.65. The molecule has 164 valence electrons. The Morgan fingerprint density at radius 2 is 1.59 bits per heavy atom. The van der Waals surface area contributed by atoms with Crippen LogP contribution in [0.3, 0.4) is 0 Å². The highest BCUT2D eigenvalue weighted by Crippen LogP contribution is 2.28. The second-order valence-corrected chi connectivity index (χ2v) is 7.63. The minimum absolute atomic E-state index is 0.238. The third-order valence-corrected chi connectivity index (χ3v) is 4.96. The van der Waals surface area contributed by atoms with Gasteiger partial charge in [0.15, 0.2) is 11.5 Å². The molecule has 1 N–H and O–H groups in total. The van der Waals surface area contributed by atoms with Crippen molar-refractivity contribution in [2.24, 2.45) is 5.10 Å². The number of rotatable bonds is 7. The molecule has 0 spiro atoms. The number of amides is 1. The highest BCUT2D eigenvalue weighted by molar-refractivity contribution is 9.10. The smallest absolute Gasteiger partial charge is 0.343 e. The Kier molecular flexibility index (Phi) is 7.62. The predicted octanol–water partition coefficient (Wildman–Crippen LogP) is 4.76. The molecule has 0 fully saturated rings. The molecule has 3 rings (SSSR count). The highest BCUT2D eigenvalue weighted by Gasteiger charge is 2.14. The molecule has 3 aromatic rings. The topological polar surface area (TPSA) is 86.2 Å². The number of hydrogen-bond acceptors (Lipinski definition) is 6. The number of nitrogens with zero attached hydrogens (tertiary/aromatic N) is 1. The Morgan fingerprint density at radius 1 is 0.906 bits per heavy atom. The van der Waals surface area contributed by atoms with Gasteiger partial charge in [0.2, 0.25) is 0 Å². The molecule has 0 aromatic heterocycles. The molecule has 1 amide bonds. The molecule has 0 atom stereocenters. The molecule has 0 aliphatic carbocycles. The summed E-state index contributed by atoms with van der Waals surface area (Å²) in [5.41, 5.74) is 4.86. The largest absolute Gasteiger partial charge is 0.496 e. The number of halogens is 1. The van der Waals surface area contributed by atoms with Gasteiger partial charge in [0.1, 0.15) is 5.75 Å². The molecule has 0 radical (unpaired) electrons. The molecule has 0 aliphatic heterocycles. The average molecular weight is 497 g/mol. The highest BCUT2D eigenvalue weighted by atomic mass is 79.9. The van der Waals surface area contributed by atoms with Crippen LogP contribution in [0.5, 0.6) is 17.2 Å². The minimum Gasteiger partial charge on any atom is -0.496 e. The third kappa shape index (κ3) is 5.73. The van der Waals surface area contributed by atoms with E-state index in [2.05, 4.69) is 26.5 Å². The summed E-state index contributed by atoms with van der Waals surface area (Å²) in [6.07, 6.45) is 1.44. The second kappa shape index (κ2) is 10.6. The molecule has 0 aliphatic rings. The van der Waals surface area contributed by atoms with Gasteiger partial charge in [0.05, 0.1) is 31.6 Å². The lowest BCUT2D eigenvalue weighted by Crippen LogP contribution is -2.18. The lowest BCUT2D eigenvalue weighted by molar-refractivity contribution is 0.0729. The first-order valence-electron chi connectivity index (χ1n) is 9.55. The van der Waals surface area contributed by atoms with Crippen LogP contribution in [0.4, 0.5) is 0 Å². The normalized spacial score (nSPS) is 10.6. The monoisotopic (exact) mass is 496 g/mol. The van der Waals surface area contributed by atoms with Gasteiger partial charge < -0.3 is 14.2 Å². The van der Waals surface area contributed by atoms with Crippen molar-refractivity contribution in [3.05, 3.63) is 87.4 Å². The summed E-state index contributed by atoms with van der Waals surface area (Å²) in [6.45, 7) is 1.94. The van der Waals surface area contributed by atoms with Gasteiger partial charge in [-0.1, -0.05) is 33.6 Å². The number of aryl methyl sites for hydroxylation is 1. The van der Waals surface area contributed by atoms with E-state index in [4.69, 9.17) is 14.2 Å². The number of benzene rings is 3. The van der Waals surface area contributed by atoms with Crippen molar-refractivity contribution in [1.82, 2.24) is 5.43 Å². The van der Waals surface area contributed by atoms with Gasteiger partial charge >= 0.3 is 5.97 Å². The van der Waals surface area contributed by atoms with E-state index in [0.717, 1.165) is 10.0 Å². The Labute approximate surface area is 194 Å². The summed E-state index contributed by atoms with van der Waals surface area (Å²) in [7, 11) is 2.97. The summed E-state index contributed by atoms with van der Waals surface area (Å²) in [5.74, 6) is 0.120. The maximum absolute atomic E-state index is 12.5. The third-order valence-electron chi connectivity index (χ3n) is 4.46. The van der Waals surface area contributed by atoms with Crippen molar-refractivity contribution in [1.29, 1.82) is 0 Å². The van der Waals surface area contributed by atoms with Crippen LogP contribution in [0.15, 0.2) is 70.2 Å². The zero-order valence-electron chi connectivity index (χ0n) is 17.7. The van der Waals surface area contributed by atoms with Crippen molar-refractivity contribution < 1.29 is 23.8 Å². The molecule has 8 heteroatoms. The van der Waals surface area contributed by atoms with Crippen LogP contribution in [-0.4, -0.2) is 32.3 Å². The van der Waals surface area contributed by atoms with Crippen LogP contribution in [-0.2, 0) is 0 Å². The summed E-state index contributed by atoms with van der Waals surface area (Å²) < 4.78 is 16.7. The minimum atomic E-state index is -0.507. The van der Waals surface area contributed by atoms with Crippen LogP contribution in [0, 0.1) is 6.92 Å².